The van der Waals surface area contributed by atoms with Gasteiger partial charge >= 0.3 is 5.97 Å². The fourth-order valence-electron chi connectivity index (χ4n) is 2.20. The Balaban J connectivity index is 1.91. The van der Waals surface area contributed by atoms with E-state index in [9.17, 15) is 9.59 Å². The van der Waals surface area contributed by atoms with E-state index < -0.39 is 12.0 Å². The summed E-state index contributed by atoms with van der Waals surface area (Å²) in [6, 6.07) is 4.72. The van der Waals surface area contributed by atoms with Crippen LogP contribution in [0.25, 0.3) is 0 Å². The molecule has 1 aromatic rings. The van der Waals surface area contributed by atoms with Crippen LogP contribution in [0.3, 0.4) is 0 Å². The second-order valence-electron chi connectivity index (χ2n) is 5.21. The average Bonchev–Trinajstić information content (AvgIpc) is 2.46. The van der Waals surface area contributed by atoms with Gasteiger partial charge in [-0.15, -0.1) is 0 Å². The molecule has 6 heteroatoms. The maximum Gasteiger partial charge on any atom is 0.310 e. The highest BCUT2D eigenvalue weighted by Gasteiger charge is 2.25. The summed E-state index contributed by atoms with van der Waals surface area (Å²) >= 11 is 11.7. The SMILES string of the molecule is C[C@H](OC(=O)[C@H]1CC=CCC1)C(=O)Nc1cc(Cl)cc(Cl)c1. The lowest BCUT2D eigenvalue weighted by atomic mass is 9.95. The van der Waals surface area contributed by atoms with Gasteiger partial charge in [0.25, 0.3) is 5.91 Å². The Morgan fingerprint density at radius 1 is 1.23 bits per heavy atom. The molecule has 0 fully saturated rings. The summed E-state index contributed by atoms with van der Waals surface area (Å²) in [4.78, 5) is 24.1. The van der Waals surface area contributed by atoms with Crippen molar-refractivity contribution >= 4 is 40.8 Å². The third kappa shape index (κ3) is 4.75. The number of ether oxygens (including phenoxy) is 1. The predicted molar refractivity (Wildman–Crippen MR) is 87.1 cm³/mol. The van der Waals surface area contributed by atoms with E-state index in [1.807, 2.05) is 12.2 Å². The Morgan fingerprint density at radius 3 is 2.50 bits per heavy atom. The summed E-state index contributed by atoms with van der Waals surface area (Å²) in [5.41, 5.74) is 0.464. The van der Waals surface area contributed by atoms with Gasteiger partial charge in [0, 0.05) is 15.7 Å². The van der Waals surface area contributed by atoms with Gasteiger partial charge in [0.2, 0.25) is 0 Å². The first-order valence-corrected chi connectivity index (χ1v) is 7.84. The van der Waals surface area contributed by atoms with E-state index >= 15 is 0 Å². The number of benzene rings is 1. The lowest BCUT2D eigenvalue weighted by Crippen LogP contribution is -2.32. The molecule has 0 radical (unpaired) electrons. The van der Waals surface area contributed by atoms with E-state index in [0.717, 1.165) is 12.8 Å². The van der Waals surface area contributed by atoms with Crippen LogP contribution in [0.1, 0.15) is 26.2 Å². The molecule has 1 amide bonds. The minimum Gasteiger partial charge on any atom is -0.452 e. The minimum absolute atomic E-state index is 0.166. The molecule has 1 aliphatic carbocycles. The summed E-state index contributed by atoms with van der Waals surface area (Å²) in [7, 11) is 0. The molecule has 0 saturated carbocycles. The first-order valence-electron chi connectivity index (χ1n) is 7.08. The maximum absolute atomic E-state index is 12.1. The number of hydrogen-bond acceptors (Lipinski definition) is 3. The van der Waals surface area contributed by atoms with Gasteiger partial charge in [-0.2, -0.15) is 0 Å². The molecule has 0 aromatic heterocycles. The zero-order valence-electron chi connectivity index (χ0n) is 12.1. The number of hydrogen-bond donors (Lipinski definition) is 1. The number of halogens is 2. The van der Waals surface area contributed by atoms with Crippen LogP contribution >= 0.6 is 23.2 Å². The van der Waals surface area contributed by atoms with Crippen LogP contribution in [0.4, 0.5) is 5.69 Å². The third-order valence-corrected chi connectivity index (χ3v) is 3.83. The lowest BCUT2D eigenvalue weighted by Gasteiger charge is -2.19. The largest absolute Gasteiger partial charge is 0.452 e. The fourth-order valence-corrected chi connectivity index (χ4v) is 2.73. The first kappa shape index (κ1) is 16.8. The Labute approximate surface area is 139 Å². The van der Waals surface area contributed by atoms with Gasteiger partial charge in [-0.25, -0.2) is 0 Å². The quantitative estimate of drug-likeness (QED) is 0.658. The van der Waals surface area contributed by atoms with Crippen LogP contribution in [-0.4, -0.2) is 18.0 Å². The molecule has 2 atom stereocenters. The molecule has 1 N–H and O–H groups in total. The van der Waals surface area contributed by atoms with Crippen LogP contribution in [-0.2, 0) is 14.3 Å². The standard InChI is InChI=1S/C16H17Cl2NO3/c1-10(22-16(21)11-5-3-2-4-6-11)15(20)19-14-8-12(17)7-13(18)9-14/h2-3,7-11H,4-6H2,1H3,(H,19,20)/t10-,11-/m0/s1. The Kier molecular flexibility index (Phi) is 5.86. The molecule has 0 unspecified atom stereocenters. The molecular formula is C16H17Cl2NO3. The van der Waals surface area contributed by atoms with E-state index in [-0.39, 0.29) is 11.9 Å². The van der Waals surface area contributed by atoms with Crippen LogP contribution in [0.5, 0.6) is 0 Å². The molecule has 118 valence electrons. The van der Waals surface area contributed by atoms with Gasteiger partial charge in [0.05, 0.1) is 5.92 Å². The van der Waals surface area contributed by atoms with Crippen molar-refractivity contribution in [2.75, 3.05) is 5.32 Å². The zero-order valence-corrected chi connectivity index (χ0v) is 13.7. The van der Waals surface area contributed by atoms with Gasteiger partial charge in [0.15, 0.2) is 6.10 Å². The van der Waals surface area contributed by atoms with Gasteiger partial charge in [-0.1, -0.05) is 35.4 Å². The lowest BCUT2D eigenvalue weighted by molar-refractivity contribution is -0.157. The number of carbonyl (C=O) groups is 2. The molecule has 4 nitrogen and oxygen atoms in total. The van der Waals surface area contributed by atoms with Gasteiger partial charge in [0.1, 0.15) is 0 Å². The monoisotopic (exact) mass is 341 g/mol. The number of nitrogens with one attached hydrogen (secondary N) is 1. The summed E-state index contributed by atoms with van der Waals surface area (Å²) in [5, 5.41) is 3.47. The normalized spacial score (nSPS) is 18.6. The van der Waals surface area contributed by atoms with Crippen LogP contribution in [0.2, 0.25) is 10.0 Å². The van der Waals surface area contributed by atoms with Crippen molar-refractivity contribution in [3.63, 3.8) is 0 Å². The van der Waals surface area contributed by atoms with Crippen molar-refractivity contribution in [3.05, 3.63) is 40.4 Å². The Hall–Kier alpha value is -1.52. The van der Waals surface area contributed by atoms with E-state index in [0.29, 0.717) is 22.2 Å². The molecule has 1 aliphatic rings. The highest BCUT2D eigenvalue weighted by atomic mass is 35.5. The molecule has 0 heterocycles. The second kappa shape index (κ2) is 7.65. The Bertz CT molecular complexity index is 581. The number of esters is 1. The highest BCUT2D eigenvalue weighted by molar-refractivity contribution is 6.35. The van der Waals surface area contributed by atoms with Gasteiger partial charge < -0.3 is 10.1 Å². The molecule has 22 heavy (non-hydrogen) atoms. The minimum atomic E-state index is -0.879. The fraction of sp³-hybridized carbons (Fsp3) is 0.375. The van der Waals surface area contributed by atoms with Crippen molar-refractivity contribution in [2.45, 2.75) is 32.3 Å². The number of rotatable bonds is 4. The number of allylic oxidation sites excluding steroid dienone is 2. The van der Waals surface area contributed by atoms with Crippen LogP contribution in [0, 0.1) is 5.92 Å². The number of carbonyl (C=O) groups excluding carboxylic acids is 2. The highest BCUT2D eigenvalue weighted by Crippen LogP contribution is 2.23. The summed E-state index contributed by atoms with van der Waals surface area (Å²) in [5.74, 6) is -0.921. The second-order valence-corrected chi connectivity index (χ2v) is 6.08. The first-order chi connectivity index (χ1) is 10.5. The number of amides is 1. The Morgan fingerprint density at radius 2 is 1.91 bits per heavy atom. The smallest absolute Gasteiger partial charge is 0.310 e. The molecule has 0 saturated heterocycles. The van der Waals surface area contributed by atoms with Crippen LogP contribution < -0.4 is 5.32 Å². The maximum atomic E-state index is 12.1. The van der Waals surface area contributed by atoms with E-state index in [1.54, 1.807) is 18.2 Å². The molecule has 0 spiro atoms. The van der Waals surface area contributed by atoms with E-state index in [2.05, 4.69) is 5.32 Å². The topological polar surface area (TPSA) is 55.4 Å². The van der Waals surface area contributed by atoms with Crippen molar-refractivity contribution in [1.82, 2.24) is 0 Å². The van der Waals surface area contributed by atoms with Gasteiger partial charge in [-0.05, 0) is 44.4 Å². The molecule has 0 aliphatic heterocycles. The predicted octanol–water partition coefficient (Wildman–Crippen LogP) is 4.22. The summed E-state index contributed by atoms with van der Waals surface area (Å²) in [6.07, 6.45) is 5.42. The molecular weight excluding hydrogens is 325 g/mol. The summed E-state index contributed by atoms with van der Waals surface area (Å²) < 4.78 is 5.23. The van der Waals surface area contributed by atoms with Crippen LogP contribution in [0.15, 0.2) is 30.4 Å². The van der Waals surface area contributed by atoms with Gasteiger partial charge in [-0.3, -0.25) is 9.59 Å². The molecule has 1 aromatic carbocycles. The zero-order chi connectivity index (χ0) is 16.1. The van der Waals surface area contributed by atoms with E-state index in [4.69, 9.17) is 27.9 Å². The van der Waals surface area contributed by atoms with Crippen molar-refractivity contribution in [1.29, 1.82) is 0 Å². The molecule has 2 rings (SSSR count). The van der Waals surface area contributed by atoms with Crippen molar-refractivity contribution < 1.29 is 14.3 Å². The van der Waals surface area contributed by atoms with Crippen molar-refractivity contribution in [3.8, 4) is 0 Å². The van der Waals surface area contributed by atoms with Crippen molar-refractivity contribution in [2.24, 2.45) is 5.92 Å². The van der Waals surface area contributed by atoms with E-state index in [1.165, 1.54) is 6.92 Å². The summed E-state index contributed by atoms with van der Waals surface area (Å²) in [6.45, 7) is 1.54. The average molecular weight is 342 g/mol. The molecule has 0 bridgehead atoms. The number of anilines is 1. The third-order valence-electron chi connectivity index (χ3n) is 3.39.